The first-order valence-electron chi connectivity index (χ1n) is 8.59. The molecule has 0 unspecified atom stereocenters. The molecule has 0 aliphatic carbocycles. The number of hydrogen-bond acceptors (Lipinski definition) is 5. The Morgan fingerprint density at radius 1 is 1.25 bits per heavy atom. The number of nitrogens with zero attached hydrogens (tertiary/aromatic N) is 2. The van der Waals surface area contributed by atoms with Gasteiger partial charge >= 0.3 is 0 Å². The van der Waals surface area contributed by atoms with Gasteiger partial charge in [-0.25, -0.2) is 0 Å². The molecule has 24 heavy (non-hydrogen) atoms. The van der Waals surface area contributed by atoms with Gasteiger partial charge in [-0.15, -0.1) is 0 Å². The third-order valence-corrected chi connectivity index (χ3v) is 4.24. The molecule has 6 nitrogen and oxygen atoms in total. The molecule has 1 aromatic carbocycles. The van der Waals surface area contributed by atoms with Crippen LogP contribution in [0.4, 0.5) is 0 Å². The van der Waals surface area contributed by atoms with E-state index in [0.29, 0.717) is 25.7 Å². The molecule has 2 rings (SSSR count). The van der Waals surface area contributed by atoms with Gasteiger partial charge in [0, 0.05) is 39.3 Å². The molecule has 1 fully saturated rings. The molecule has 1 aliphatic rings. The molecule has 1 N–H and O–H groups in total. The topological polar surface area (TPSA) is 54.0 Å². The fourth-order valence-corrected chi connectivity index (χ4v) is 2.89. The third-order valence-electron chi connectivity index (χ3n) is 4.24. The number of para-hydroxylation sites is 1. The van der Waals surface area contributed by atoms with Crippen molar-refractivity contribution in [2.45, 2.75) is 13.0 Å². The summed E-state index contributed by atoms with van der Waals surface area (Å²) in [6.45, 7) is 8.19. The molecule has 0 aromatic heterocycles. The molecule has 1 amide bonds. The molecule has 134 valence electrons. The number of ether oxygens (including phenoxy) is 2. The Morgan fingerprint density at radius 2 is 2.04 bits per heavy atom. The van der Waals surface area contributed by atoms with Crippen molar-refractivity contribution in [1.82, 2.24) is 15.1 Å². The maximum Gasteiger partial charge on any atom is 0.234 e. The highest BCUT2D eigenvalue weighted by atomic mass is 16.5. The summed E-state index contributed by atoms with van der Waals surface area (Å²) in [6.07, 6.45) is 0. The Balaban J connectivity index is 1.59. The number of amides is 1. The third kappa shape index (κ3) is 6.47. The number of rotatable bonds is 9. The number of piperazine rings is 1. The van der Waals surface area contributed by atoms with Crippen LogP contribution >= 0.6 is 0 Å². The van der Waals surface area contributed by atoms with Crippen molar-refractivity contribution in [2.24, 2.45) is 0 Å². The molecule has 0 saturated carbocycles. The fraction of sp³-hybridized carbons (Fsp3) is 0.611. The summed E-state index contributed by atoms with van der Waals surface area (Å²) in [5.74, 6) is 0.886. The van der Waals surface area contributed by atoms with E-state index >= 15 is 0 Å². The lowest BCUT2D eigenvalue weighted by Gasteiger charge is -2.39. The van der Waals surface area contributed by atoms with Crippen molar-refractivity contribution in [3.05, 3.63) is 30.3 Å². The zero-order chi connectivity index (χ0) is 17.2. The summed E-state index contributed by atoms with van der Waals surface area (Å²) >= 11 is 0. The summed E-state index contributed by atoms with van der Waals surface area (Å²) in [4.78, 5) is 16.7. The molecule has 0 bridgehead atoms. The minimum atomic E-state index is 0.0594. The van der Waals surface area contributed by atoms with Crippen LogP contribution < -0.4 is 10.1 Å². The second kappa shape index (κ2) is 10.3. The lowest BCUT2D eigenvalue weighted by Crippen LogP contribution is -2.54. The number of nitrogens with one attached hydrogen (secondary N) is 1. The Morgan fingerprint density at radius 3 is 2.75 bits per heavy atom. The highest BCUT2D eigenvalue weighted by molar-refractivity contribution is 5.78. The van der Waals surface area contributed by atoms with Gasteiger partial charge < -0.3 is 14.8 Å². The van der Waals surface area contributed by atoms with Crippen LogP contribution in [-0.4, -0.2) is 81.3 Å². The van der Waals surface area contributed by atoms with Gasteiger partial charge in [0.1, 0.15) is 12.4 Å². The Bertz CT molecular complexity index is 484. The molecule has 1 aliphatic heterocycles. The molecule has 1 saturated heterocycles. The molecular formula is C18H29N3O3. The van der Waals surface area contributed by atoms with Crippen molar-refractivity contribution in [2.75, 3.05) is 59.6 Å². The van der Waals surface area contributed by atoms with Crippen molar-refractivity contribution >= 4 is 5.91 Å². The normalized spacial score (nSPS) is 19.2. The molecule has 0 radical (unpaired) electrons. The zero-order valence-corrected chi connectivity index (χ0v) is 14.7. The predicted octanol–water partition coefficient (Wildman–Crippen LogP) is 0.834. The number of carbonyl (C=O) groups is 1. The highest BCUT2D eigenvalue weighted by Gasteiger charge is 2.24. The van der Waals surface area contributed by atoms with E-state index in [1.807, 2.05) is 30.3 Å². The summed E-state index contributed by atoms with van der Waals surface area (Å²) in [5, 5.41) is 2.92. The molecule has 0 spiro atoms. The molecule has 1 atom stereocenters. The predicted molar refractivity (Wildman–Crippen MR) is 94.3 cm³/mol. The van der Waals surface area contributed by atoms with Gasteiger partial charge in [0.2, 0.25) is 5.91 Å². The number of carbonyl (C=O) groups excluding carboxylic acids is 1. The van der Waals surface area contributed by atoms with Gasteiger partial charge in [-0.1, -0.05) is 18.2 Å². The second-order valence-electron chi connectivity index (χ2n) is 6.12. The van der Waals surface area contributed by atoms with E-state index in [-0.39, 0.29) is 5.91 Å². The van der Waals surface area contributed by atoms with Gasteiger partial charge in [-0.3, -0.25) is 14.6 Å². The number of hydrogen-bond donors (Lipinski definition) is 1. The molecular weight excluding hydrogens is 306 g/mol. The lowest BCUT2D eigenvalue weighted by atomic mass is 10.2. The number of methoxy groups -OCH3 is 1. The summed E-state index contributed by atoms with van der Waals surface area (Å²) < 4.78 is 10.7. The van der Waals surface area contributed by atoms with Crippen molar-refractivity contribution in [3.8, 4) is 5.75 Å². The summed E-state index contributed by atoms with van der Waals surface area (Å²) in [6, 6.07) is 10.1. The van der Waals surface area contributed by atoms with Crippen LogP contribution in [0.1, 0.15) is 6.92 Å². The first kappa shape index (κ1) is 18.7. The SMILES string of the molecule is COCCN1CCN(CC(=O)NCCOc2ccccc2)C[C@@H]1C. The van der Waals surface area contributed by atoms with Gasteiger partial charge in [0.15, 0.2) is 0 Å². The van der Waals surface area contributed by atoms with Crippen LogP contribution in [-0.2, 0) is 9.53 Å². The quantitative estimate of drug-likeness (QED) is 0.678. The minimum absolute atomic E-state index is 0.0594. The van der Waals surface area contributed by atoms with Crippen molar-refractivity contribution in [1.29, 1.82) is 0 Å². The average molecular weight is 335 g/mol. The molecule has 6 heteroatoms. The van der Waals surface area contributed by atoms with Gasteiger partial charge in [0.05, 0.1) is 19.7 Å². The van der Waals surface area contributed by atoms with E-state index in [9.17, 15) is 4.79 Å². The van der Waals surface area contributed by atoms with Crippen LogP contribution in [0.15, 0.2) is 30.3 Å². The fourth-order valence-electron chi connectivity index (χ4n) is 2.89. The zero-order valence-electron chi connectivity index (χ0n) is 14.7. The van der Waals surface area contributed by atoms with E-state index in [2.05, 4.69) is 22.0 Å². The highest BCUT2D eigenvalue weighted by Crippen LogP contribution is 2.09. The van der Waals surface area contributed by atoms with Crippen LogP contribution in [0, 0.1) is 0 Å². The van der Waals surface area contributed by atoms with E-state index < -0.39 is 0 Å². The van der Waals surface area contributed by atoms with Crippen LogP contribution in [0.2, 0.25) is 0 Å². The van der Waals surface area contributed by atoms with E-state index in [4.69, 9.17) is 9.47 Å². The molecule has 1 aromatic rings. The maximum absolute atomic E-state index is 12.0. The average Bonchev–Trinajstić information content (AvgIpc) is 2.59. The Kier molecular flexibility index (Phi) is 8.01. The van der Waals surface area contributed by atoms with Crippen molar-refractivity contribution < 1.29 is 14.3 Å². The largest absolute Gasteiger partial charge is 0.492 e. The Hall–Kier alpha value is -1.63. The van der Waals surface area contributed by atoms with Gasteiger partial charge in [0.25, 0.3) is 0 Å². The second-order valence-corrected chi connectivity index (χ2v) is 6.12. The molecule has 1 heterocycles. The van der Waals surface area contributed by atoms with Gasteiger partial charge in [-0.05, 0) is 19.1 Å². The van der Waals surface area contributed by atoms with Crippen LogP contribution in [0.25, 0.3) is 0 Å². The standard InChI is InChI=1S/C18H29N3O3/c1-16-14-20(9-10-21(16)11-13-23-2)15-18(22)19-8-12-24-17-6-4-3-5-7-17/h3-7,16H,8-15H2,1-2H3,(H,19,22)/t16-/m0/s1. The lowest BCUT2D eigenvalue weighted by molar-refractivity contribution is -0.123. The smallest absolute Gasteiger partial charge is 0.234 e. The Labute approximate surface area is 144 Å². The van der Waals surface area contributed by atoms with Crippen LogP contribution in [0.5, 0.6) is 5.75 Å². The van der Waals surface area contributed by atoms with E-state index in [1.54, 1.807) is 7.11 Å². The minimum Gasteiger partial charge on any atom is -0.492 e. The number of benzene rings is 1. The summed E-state index contributed by atoms with van der Waals surface area (Å²) in [5.41, 5.74) is 0. The van der Waals surface area contributed by atoms with Crippen LogP contribution in [0.3, 0.4) is 0 Å². The van der Waals surface area contributed by atoms with Gasteiger partial charge in [-0.2, -0.15) is 0 Å². The maximum atomic E-state index is 12.0. The monoisotopic (exact) mass is 335 g/mol. The first-order valence-corrected chi connectivity index (χ1v) is 8.59. The van der Waals surface area contributed by atoms with E-state index in [1.165, 1.54) is 0 Å². The summed E-state index contributed by atoms with van der Waals surface area (Å²) in [7, 11) is 1.73. The van der Waals surface area contributed by atoms with E-state index in [0.717, 1.165) is 38.5 Å². The van der Waals surface area contributed by atoms with Crippen molar-refractivity contribution in [3.63, 3.8) is 0 Å². The first-order chi connectivity index (χ1) is 11.7.